The summed E-state index contributed by atoms with van der Waals surface area (Å²) >= 11 is 6.11. The molecule has 1 aliphatic heterocycles. The third-order valence-corrected chi connectivity index (χ3v) is 4.01. The monoisotopic (exact) mass is 277 g/mol. The maximum absolute atomic E-state index is 8.91. The molecule has 1 aliphatic rings. The molecule has 1 saturated heterocycles. The number of rotatable bonds is 4. The molecule has 3 nitrogen and oxygen atoms in total. The fourth-order valence-corrected chi connectivity index (χ4v) is 2.82. The van der Waals surface area contributed by atoms with Crippen LogP contribution in [0, 0.1) is 17.2 Å². The molecule has 1 aromatic rings. The van der Waals surface area contributed by atoms with E-state index in [2.05, 4.69) is 23.2 Å². The minimum Gasteiger partial charge on any atom is -0.371 e. The number of hydrogen-bond acceptors (Lipinski definition) is 3. The van der Waals surface area contributed by atoms with Crippen molar-refractivity contribution in [1.29, 1.82) is 5.26 Å². The Morgan fingerprint density at radius 3 is 2.95 bits per heavy atom. The van der Waals surface area contributed by atoms with Crippen LogP contribution in [0.25, 0.3) is 0 Å². The molecule has 1 atom stereocenters. The van der Waals surface area contributed by atoms with E-state index in [1.165, 1.54) is 12.8 Å². The molecule has 4 heteroatoms. The molecular weight excluding hydrogens is 258 g/mol. The first-order valence-electron chi connectivity index (χ1n) is 6.90. The third kappa shape index (κ3) is 3.62. The van der Waals surface area contributed by atoms with E-state index in [4.69, 9.17) is 16.9 Å². The fourth-order valence-electron chi connectivity index (χ4n) is 2.60. The van der Waals surface area contributed by atoms with Crippen LogP contribution in [-0.2, 0) is 0 Å². The first kappa shape index (κ1) is 14.2. The maximum atomic E-state index is 8.91. The van der Waals surface area contributed by atoms with Crippen molar-refractivity contribution in [3.63, 3.8) is 0 Å². The van der Waals surface area contributed by atoms with Gasteiger partial charge in [-0.3, -0.25) is 0 Å². The molecule has 0 amide bonds. The Morgan fingerprint density at radius 2 is 2.37 bits per heavy atom. The van der Waals surface area contributed by atoms with Crippen LogP contribution >= 0.6 is 11.6 Å². The molecular formula is C15H20ClN3. The van der Waals surface area contributed by atoms with Crippen LogP contribution < -0.4 is 10.2 Å². The van der Waals surface area contributed by atoms with E-state index in [1.54, 1.807) is 6.07 Å². The summed E-state index contributed by atoms with van der Waals surface area (Å²) in [5.41, 5.74) is 1.65. The average molecular weight is 278 g/mol. The third-order valence-electron chi connectivity index (χ3n) is 3.70. The Balaban J connectivity index is 2.08. The average Bonchev–Trinajstić information content (AvgIpc) is 2.46. The van der Waals surface area contributed by atoms with E-state index in [1.807, 2.05) is 12.1 Å². The van der Waals surface area contributed by atoms with Gasteiger partial charge in [0, 0.05) is 18.8 Å². The summed E-state index contributed by atoms with van der Waals surface area (Å²) < 4.78 is 0. The molecule has 1 unspecified atom stereocenters. The topological polar surface area (TPSA) is 39.1 Å². The van der Waals surface area contributed by atoms with Gasteiger partial charge < -0.3 is 10.2 Å². The van der Waals surface area contributed by atoms with Gasteiger partial charge in [-0.05, 0) is 57.0 Å². The summed E-state index contributed by atoms with van der Waals surface area (Å²) in [7, 11) is 0. The van der Waals surface area contributed by atoms with Gasteiger partial charge in [0.2, 0.25) is 0 Å². The van der Waals surface area contributed by atoms with E-state index in [9.17, 15) is 0 Å². The largest absolute Gasteiger partial charge is 0.371 e. The molecule has 2 rings (SSSR count). The molecule has 0 bridgehead atoms. The number of anilines is 1. The second kappa shape index (κ2) is 6.79. The van der Waals surface area contributed by atoms with E-state index >= 15 is 0 Å². The van der Waals surface area contributed by atoms with Crippen LogP contribution in [0.15, 0.2) is 18.2 Å². The summed E-state index contributed by atoms with van der Waals surface area (Å²) in [6, 6.07) is 7.80. The highest BCUT2D eigenvalue weighted by Gasteiger charge is 2.17. The predicted octanol–water partition coefficient (Wildman–Crippen LogP) is 3.04. The second-order valence-electron chi connectivity index (χ2n) is 5.03. The molecule has 1 aromatic carbocycles. The van der Waals surface area contributed by atoms with Crippen LogP contribution in [0.2, 0.25) is 5.02 Å². The lowest BCUT2D eigenvalue weighted by molar-refractivity contribution is 0.378. The zero-order valence-corrected chi connectivity index (χ0v) is 12.1. The van der Waals surface area contributed by atoms with Gasteiger partial charge in [-0.25, -0.2) is 0 Å². The quantitative estimate of drug-likeness (QED) is 0.919. The number of piperidine rings is 1. The molecule has 0 spiro atoms. The molecule has 1 heterocycles. The highest BCUT2D eigenvalue weighted by atomic mass is 35.5. The van der Waals surface area contributed by atoms with Crippen molar-refractivity contribution in [2.75, 3.05) is 31.1 Å². The molecule has 1 N–H and O–H groups in total. The highest BCUT2D eigenvalue weighted by Crippen LogP contribution is 2.24. The Hall–Kier alpha value is -1.24. The van der Waals surface area contributed by atoms with E-state index in [-0.39, 0.29) is 0 Å². The van der Waals surface area contributed by atoms with Gasteiger partial charge in [0.25, 0.3) is 0 Å². The highest BCUT2D eigenvalue weighted by molar-refractivity contribution is 6.32. The minimum atomic E-state index is 0.542. The lowest BCUT2D eigenvalue weighted by Crippen LogP contribution is -2.38. The molecule has 1 fully saturated rings. The predicted molar refractivity (Wildman–Crippen MR) is 79.6 cm³/mol. The van der Waals surface area contributed by atoms with Gasteiger partial charge in [0.05, 0.1) is 10.6 Å². The summed E-state index contributed by atoms with van der Waals surface area (Å²) in [5, 5.41) is 12.9. The molecule has 19 heavy (non-hydrogen) atoms. The smallest absolute Gasteiger partial charge is 0.101 e. The van der Waals surface area contributed by atoms with Crippen molar-refractivity contribution in [3.8, 4) is 6.07 Å². The fraction of sp³-hybridized carbons (Fsp3) is 0.533. The van der Waals surface area contributed by atoms with Crippen LogP contribution in [0.3, 0.4) is 0 Å². The second-order valence-corrected chi connectivity index (χ2v) is 5.43. The summed E-state index contributed by atoms with van der Waals surface area (Å²) in [4.78, 5) is 2.34. The van der Waals surface area contributed by atoms with Gasteiger partial charge in [-0.1, -0.05) is 11.6 Å². The van der Waals surface area contributed by atoms with Gasteiger partial charge in [0.15, 0.2) is 0 Å². The standard InChI is InChI=1S/C15H20ClN3/c1-2-19(11-12-4-3-7-18-10-12)14-6-5-13(9-17)15(16)8-14/h5-6,8,12,18H,2-4,7,10-11H2,1H3. The van der Waals surface area contributed by atoms with Crippen LogP contribution in [0.1, 0.15) is 25.3 Å². The van der Waals surface area contributed by atoms with Gasteiger partial charge in [-0.15, -0.1) is 0 Å². The van der Waals surface area contributed by atoms with Crippen molar-refractivity contribution >= 4 is 17.3 Å². The van der Waals surface area contributed by atoms with Crippen molar-refractivity contribution in [1.82, 2.24) is 5.32 Å². The molecule has 102 valence electrons. The molecule has 0 saturated carbocycles. The van der Waals surface area contributed by atoms with Crippen molar-refractivity contribution in [2.45, 2.75) is 19.8 Å². The number of nitriles is 1. The summed E-state index contributed by atoms with van der Waals surface area (Å²) in [5.74, 6) is 0.697. The van der Waals surface area contributed by atoms with Crippen molar-refractivity contribution in [2.24, 2.45) is 5.92 Å². The Labute approximate surface area is 120 Å². The minimum absolute atomic E-state index is 0.542. The van der Waals surface area contributed by atoms with Gasteiger partial charge >= 0.3 is 0 Å². The SMILES string of the molecule is CCN(CC1CCCNC1)c1ccc(C#N)c(Cl)c1. The Kier molecular flexibility index (Phi) is 5.07. The molecule has 0 radical (unpaired) electrons. The first-order valence-corrected chi connectivity index (χ1v) is 7.27. The molecule has 0 aliphatic carbocycles. The zero-order valence-electron chi connectivity index (χ0n) is 11.3. The van der Waals surface area contributed by atoms with Crippen LogP contribution in [0.4, 0.5) is 5.69 Å². The number of nitrogens with one attached hydrogen (secondary N) is 1. The number of benzene rings is 1. The maximum Gasteiger partial charge on any atom is 0.101 e. The van der Waals surface area contributed by atoms with Gasteiger partial charge in [0.1, 0.15) is 6.07 Å². The van der Waals surface area contributed by atoms with Gasteiger partial charge in [-0.2, -0.15) is 5.26 Å². The summed E-state index contributed by atoms with van der Waals surface area (Å²) in [6.07, 6.45) is 2.55. The normalized spacial score (nSPS) is 18.9. The van der Waals surface area contributed by atoms with E-state index < -0.39 is 0 Å². The van der Waals surface area contributed by atoms with E-state index in [0.29, 0.717) is 16.5 Å². The lowest BCUT2D eigenvalue weighted by atomic mass is 9.99. The van der Waals surface area contributed by atoms with Crippen LogP contribution in [-0.4, -0.2) is 26.2 Å². The van der Waals surface area contributed by atoms with Crippen molar-refractivity contribution < 1.29 is 0 Å². The Morgan fingerprint density at radius 1 is 1.53 bits per heavy atom. The first-order chi connectivity index (χ1) is 9.24. The zero-order chi connectivity index (χ0) is 13.7. The Bertz CT molecular complexity index is 461. The number of nitrogens with zero attached hydrogens (tertiary/aromatic N) is 2. The molecule has 0 aromatic heterocycles. The number of halogens is 1. The van der Waals surface area contributed by atoms with E-state index in [0.717, 1.165) is 31.9 Å². The van der Waals surface area contributed by atoms with Crippen molar-refractivity contribution in [3.05, 3.63) is 28.8 Å². The van der Waals surface area contributed by atoms with Crippen LogP contribution in [0.5, 0.6) is 0 Å². The lowest BCUT2D eigenvalue weighted by Gasteiger charge is -2.31. The number of hydrogen-bond donors (Lipinski definition) is 1. The summed E-state index contributed by atoms with van der Waals surface area (Å²) in [6.45, 7) is 6.40.